The number of nitrogens with zero attached hydrogens (tertiary/aromatic N) is 3. The maximum absolute atomic E-state index is 13.0. The summed E-state index contributed by atoms with van der Waals surface area (Å²) in [6.07, 6.45) is 0. The number of piperazine rings is 1. The Labute approximate surface area is 172 Å². The van der Waals surface area contributed by atoms with E-state index in [1.54, 1.807) is 24.5 Å². The molecule has 0 aliphatic carbocycles. The Kier molecular flexibility index (Phi) is 4.39. The fourth-order valence-electron chi connectivity index (χ4n) is 3.77. The van der Waals surface area contributed by atoms with Crippen molar-refractivity contribution in [2.75, 3.05) is 38.2 Å². The first-order valence-corrected chi connectivity index (χ1v) is 10.4. The third-order valence-electron chi connectivity index (χ3n) is 5.39. The SMILES string of the molecule is COc1cccc2cc(C(=O)N3CCN(c4nc5c(C)cccc5s4)CC3)oc12. The van der Waals surface area contributed by atoms with Crippen molar-refractivity contribution in [1.29, 1.82) is 0 Å². The second kappa shape index (κ2) is 7.08. The number of benzene rings is 2. The average molecular weight is 407 g/mol. The number of fused-ring (bicyclic) bond motifs is 2. The molecule has 4 aromatic rings. The second-order valence-corrected chi connectivity index (χ2v) is 8.20. The number of aromatic nitrogens is 1. The van der Waals surface area contributed by atoms with Gasteiger partial charge >= 0.3 is 0 Å². The summed E-state index contributed by atoms with van der Waals surface area (Å²) < 4.78 is 12.4. The van der Waals surface area contributed by atoms with Crippen molar-refractivity contribution in [1.82, 2.24) is 9.88 Å². The minimum absolute atomic E-state index is 0.0805. The lowest BCUT2D eigenvalue weighted by Gasteiger charge is -2.34. The van der Waals surface area contributed by atoms with Gasteiger partial charge < -0.3 is 19.0 Å². The number of thiazole rings is 1. The Balaban J connectivity index is 1.32. The summed E-state index contributed by atoms with van der Waals surface area (Å²) in [5.74, 6) is 0.911. The average Bonchev–Trinajstić information content (AvgIpc) is 3.38. The molecular weight excluding hydrogens is 386 g/mol. The van der Waals surface area contributed by atoms with Gasteiger partial charge in [0.2, 0.25) is 0 Å². The first kappa shape index (κ1) is 18.0. The highest BCUT2D eigenvalue weighted by Crippen LogP contribution is 2.32. The standard InChI is InChI=1S/C22H21N3O3S/c1-14-5-3-8-18-19(14)23-22(29-18)25-11-9-24(10-12-25)21(26)17-13-15-6-4-7-16(27-2)20(15)28-17/h3-8,13H,9-12H2,1-2H3. The van der Waals surface area contributed by atoms with Gasteiger partial charge in [-0.25, -0.2) is 4.98 Å². The van der Waals surface area contributed by atoms with Crippen LogP contribution in [-0.4, -0.2) is 49.1 Å². The first-order chi connectivity index (χ1) is 14.1. The third kappa shape index (κ3) is 3.11. The lowest BCUT2D eigenvalue weighted by Crippen LogP contribution is -2.48. The van der Waals surface area contributed by atoms with E-state index in [1.165, 1.54) is 10.3 Å². The second-order valence-electron chi connectivity index (χ2n) is 7.19. The van der Waals surface area contributed by atoms with E-state index in [2.05, 4.69) is 30.0 Å². The van der Waals surface area contributed by atoms with Crippen molar-refractivity contribution in [2.24, 2.45) is 0 Å². The van der Waals surface area contributed by atoms with Crippen LogP contribution in [0.25, 0.3) is 21.2 Å². The summed E-state index contributed by atoms with van der Waals surface area (Å²) in [4.78, 5) is 21.9. The molecule has 0 atom stereocenters. The Morgan fingerprint density at radius 3 is 2.69 bits per heavy atom. The Morgan fingerprint density at radius 1 is 1.14 bits per heavy atom. The van der Waals surface area contributed by atoms with Crippen LogP contribution in [0.2, 0.25) is 0 Å². The number of amides is 1. The number of carbonyl (C=O) groups excluding carboxylic acids is 1. The largest absolute Gasteiger partial charge is 0.493 e. The van der Waals surface area contributed by atoms with Crippen molar-refractivity contribution in [3.8, 4) is 5.75 Å². The van der Waals surface area contributed by atoms with Gasteiger partial charge in [0.1, 0.15) is 0 Å². The molecule has 0 saturated carbocycles. The zero-order valence-corrected chi connectivity index (χ0v) is 17.2. The number of hydrogen-bond donors (Lipinski definition) is 0. The molecule has 0 unspecified atom stereocenters. The van der Waals surface area contributed by atoms with Crippen LogP contribution in [0.15, 0.2) is 46.9 Å². The molecule has 6 nitrogen and oxygen atoms in total. The fourth-order valence-corrected chi connectivity index (χ4v) is 4.86. The number of carbonyl (C=O) groups is 1. The number of ether oxygens (including phenoxy) is 1. The van der Waals surface area contributed by atoms with Gasteiger partial charge in [-0.3, -0.25) is 4.79 Å². The van der Waals surface area contributed by atoms with Gasteiger partial charge in [0.15, 0.2) is 22.2 Å². The van der Waals surface area contributed by atoms with Crippen molar-refractivity contribution >= 4 is 43.6 Å². The summed E-state index contributed by atoms with van der Waals surface area (Å²) in [5, 5.41) is 1.89. The number of methoxy groups -OCH3 is 1. The molecule has 1 aliphatic rings. The van der Waals surface area contributed by atoms with E-state index in [0.717, 1.165) is 29.1 Å². The van der Waals surface area contributed by atoms with Crippen LogP contribution in [0.3, 0.4) is 0 Å². The quantitative estimate of drug-likeness (QED) is 0.506. The summed E-state index contributed by atoms with van der Waals surface area (Å²) in [6.45, 7) is 4.89. The molecule has 29 heavy (non-hydrogen) atoms. The number of anilines is 1. The maximum Gasteiger partial charge on any atom is 0.289 e. The van der Waals surface area contributed by atoms with Crippen molar-refractivity contribution in [3.63, 3.8) is 0 Å². The zero-order chi connectivity index (χ0) is 20.0. The maximum atomic E-state index is 13.0. The van der Waals surface area contributed by atoms with Crippen LogP contribution in [0.1, 0.15) is 16.1 Å². The number of rotatable bonds is 3. The molecule has 0 spiro atoms. The highest BCUT2D eigenvalue weighted by atomic mass is 32.1. The molecular formula is C22H21N3O3S. The highest BCUT2D eigenvalue weighted by molar-refractivity contribution is 7.22. The zero-order valence-electron chi connectivity index (χ0n) is 16.3. The van der Waals surface area contributed by atoms with Crippen LogP contribution in [0.5, 0.6) is 5.75 Å². The molecule has 1 amide bonds. The van der Waals surface area contributed by atoms with Crippen molar-refractivity contribution < 1.29 is 13.9 Å². The lowest BCUT2D eigenvalue weighted by molar-refractivity contribution is 0.0717. The van der Waals surface area contributed by atoms with Crippen LogP contribution in [0, 0.1) is 6.92 Å². The minimum Gasteiger partial charge on any atom is -0.493 e. The van der Waals surface area contributed by atoms with E-state index < -0.39 is 0 Å². The van der Waals surface area contributed by atoms with Gasteiger partial charge in [-0.2, -0.15) is 0 Å². The Morgan fingerprint density at radius 2 is 1.93 bits per heavy atom. The van der Waals surface area contributed by atoms with Crippen LogP contribution >= 0.6 is 11.3 Å². The molecule has 0 bridgehead atoms. The van der Waals surface area contributed by atoms with E-state index in [0.29, 0.717) is 30.2 Å². The smallest absolute Gasteiger partial charge is 0.289 e. The first-order valence-electron chi connectivity index (χ1n) is 9.61. The molecule has 7 heteroatoms. The van der Waals surface area contributed by atoms with Crippen LogP contribution in [-0.2, 0) is 0 Å². The molecule has 0 N–H and O–H groups in total. The predicted molar refractivity (Wildman–Crippen MR) is 115 cm³/mol. The Bertz CT molecular complexity index is 1200. The van der Waals surface area contributed by atoms with Crippen LogP contribution in [0.4, 0.5) is 5.13 Å². The summed E-state index contributed by atoms with van der Waals surface area (Å²) in [5.41, 5.74) is 2.88. The van der Waals surface area contributed by atoms with Gasteiger partial charge in [0.25, 0.3) is 5.91 Å². The van der Waals surface area contributed by atoms with Gasteiger partial charge in [0, 0.05) is 31.6 Å². The number of aryl methyl sites for hydroxylation is 1. The molecule has 5 rings (SSSR count). The van der Waals surface area contributed by atoms with Gasteiger partial charge in [-0.15, -0.1) is 0 Å². The third-order valence-corrected chi connectivity index (χ3v) is 6.47. The number of hydrogen-bond acceptors (Lipinski definition) is 6. The molecule has 2 aromatic carbocycles. The van der Waals surface area contributed by atoms with E-state index in [4.69, 9.17) is 14.1 Å². The van der Waals surface area contributed by atoms with E-state index in [1.807, 2.05) is 23.1 Å². The van der Waals surface area contributed by atoms with Crippen LogP contribution < -0.4 is 9.64 Å². The molecule has 0 radical (unpaired) electrons. The number of furan rings is 1. The molecule has 1 fully saturated rings. The van der Waals surface area contributed by atoms with Crippen molar-refractivity contribution in [2.45, 2.75) is 6.92 Å². The Hall–Kier alpha value is -3.06. The molecule has 2 aromatic heterocycles. The molecule has 1 saturated heterocycles. The minimum atomic E-state index is -0.0805. The van der Waals surface area contributed by atoms with Gasteiger partial charge in [-0.05, 0) is 30.7 Å². The van der Waals surface area contributed by atoms with Gasteiger partial charge in [-0.1, -0.05) is 35.6 Å². The van der Waals surface area contributed by atoms with E-state index in [9.17, 15) is 4.79 Å². The summed E-state index contributed by atoms with van der Waals surface area (Å²) in [7, 11) is 1.60. The monoisotopic (exact) mass is 407 g/mol. The summed E-state index contributed by atoms with van der Waals surface area (Å²) in [6, 6.07) is 13.7. The molecule has 148 valence electrons. The highest BCUT2D eigenvalue weighted by Gasteiger charge is 2.26. The topological polar surface area (TPSA) is 58.8 Å². The van der Waals surface area contributed by atoms with E-state index in [-0.39, 0.29) is 5.91 Å². The van der Waals surface area contributed by atoms with Crippen molar-refractivity contribution in [3.05, 3.63) is 53.8 Å². The number of para-hydroxylation sites is 2. The van der Waals surface area contributed by atoms with E-state index >= 15 is 0 Å². The molecule has 1 aliphatic heterocycles. The molecule has 3 heterocycles. The lowest BCUT2D eigenvalue weighted by atomic mass is 10.2. The normalized spacial score (nSPS) is 14.7. The predicted octanol–water partition coefficient (Wildman–Crippen LogP) is 4.32. The summed E-state index contributed by atoms with van der Waals surface area (Å²) >= 11 is 1.71. The van der Waals surface area contributed by atoms with Gasteiger partial charge in [0.05, 0.1) is 17.3 Å². The fraction of sp³-hybridized carbons (Fsp3) is 0.273.